The summed E-state index contributed by atoms with van der Waals surface area (Å²) in [6.07, 6.45) is 8.12. The van der Waals surface area contributed by atoms with Gasteiger partial charge in [-0.1, -0.05) is 32.4 Å². The highest BCUT2D eigenvalue weighted by atomic mass is 28.3. The van der Waals surface area contributed by atoms with Crippen LogP contribution in [0.1, 0.15) is 32.1 Å². The number of hydrogen-bond acceptors (Lipinski definition) is 2. The molecule has 1 aliphatic carbocycles. The maximum absolute atomic E-state index is 5.72. The van der Waals surface area contributed by atoms with Crippen LogP contribution in [0, 0.1) is 5.92 Å². The molecule has 1 rings (SSSR count). The third kappa shape index (κ3) is 5.14. The van der Waals surface area contributed by atoms with Crippen molar-refractivity contribution in [3.05, 3.63) is 0 Å². The van der Waals surface area contributed by atoms with Crippen LogP contribution >= 0.6 is 0 Å². The Morgan fingerprint density at radius 2 is 1.87 bits per heavy atom. The van der Waals surface area contributed by atoms with Gasteiger partial charge in [0.05, 0.1) is 21.5 Å². The zero-order valence-electron chi connectivity index (χ0n) is 10.4. The van der Waals surface area contributed by atoms with Gasteiger partial charge in [0.25, 0.3) is 0 Å². The number of hydrogen-bond donors (Lipinski definition) is 0. The summed E-state index contributed by atoms with van der Waals surface area (Å²) in [5.41, 5.74) is 0. The van der Waals surface area contributed by atoms with E-state index in [1.54, 1.807) is 0 Å². The molecule has 0 spiro atoms. The second kappa shape index (κ2) is 7.42. The Bertz CT molecular complexity index is 156. The smallest absolute Gasteiger partial charge is 0.0832 e. The topological polar surface area (TPSA) is 18.5 Å². The van der Waals surface area contributed by atoms with Gasteiger partial charge in [-0.2, -0.15) is 0 Å². The van der Waals surface area contributed by atoms with Crippen LogP contribution in [0.2, 0.25) is 13.1 Å². The fraction of sp³-hybridized carbons (Fsp3) is 1.00. The van der Waals surface area contributed by atoms with Gasteiger partial charge < -0.3 is 9.47 Å². The summed E-state index contributed by atoms with van der Waals surface area (Å²) in [5.74, 6) is 0.744. The first kappa shape index (κ1) is 13.2. The van der Waals surface area contributed by atoms with Gasteiger partial charge >= 0.3 is 0 Å². The van der Waals surface area contributed by atoms with Crippen molar-refractivity contribution in [1.29, 1.82) is 0 Å². The largest absolute Gasteiger partial charge is 0.382 e. The van der Waals surface area contributed by atoms with Gasteiger partial charge in [0.15, 0.2) is 0 Å². The van der Waals surface area contributed by atoms with E-state index >= 15 is 0 Å². The summed E-state index contributed by atoms with van der Waals surface area (Å²) in [4.78, 5) is 0. The molecule has 1 radical (unpaired) electrons. The fourth-order valence-corrected chi connectivity index (χ4v) is 2.81. The molecular formula is C12H25O2Si. The Kier molecular flexibility index (Phi) is 6.53. The third-order valence-electron chi connectivity index (χ3n) is 3.15. The predicted octanol–water partition coefficient (Wildman–Crippen LogP) is 2.89. The highest BCUT2D eigenvalue weighted by Crippen LogP contribution is 2.27. The van der Waals surface area contributed by atoms with Crippen LogP contribution in [0.15, 0.2) is 0 Å². The van der Waals surface area contributed by atoms with Crippen molar-refractivity contribution in [1.82, 2.24) is 0 Å². The van der Waals surface area contributed by atoms with Crippen LogP contribution in [0.3, 0.4) is 0 Å². The van der Waals surface area contributed by atoms with Crippen molar-refractivity contribution in [2.24, 2.45) is 5.92 Å². The first-order chi connectivity index (χ1) is 7.24. The van der Waals surface area contributed by atoms with E-state index in [-0.39, 0.29) is 8.80 Å². The lowest BCUT2D eigenvalue weighted by molar-refractivity contribution is -0.0227. The molecule has 15 heavy (non-hydrogen) atoms. The molecule has 1 saturated carbocycles. The second-order valence-corrected chi connectivity index (χ2v) is 7.60. The van der Waals surface area contributed by atoms with Crippen molar-refractivity contribution in [3.63, 3.8) is 0 Å². The van der Waals surface area contributed by atoms with Crippen LogP contribution in [0.4, 0.5) is 0 Å². The minimum atomic E-state index is -0.246. The number of rotatable bonds is 6. The van der Waals surface area contributed by atoms with Gasteiger partial charge in [0.1, 0.15) is 0 Å². The van der Waals surface area contributed by atoms with E-state index in [0.717, 1.165) is 18.8 Å². The maximum atomic E-state index is 5.72. The van der Waals surface area contributed by atoms with Gasteiger partial charge in [0.2, 0.25) is 0 Å². The van der Waals surface area contributed by atoms with Crippen LogP contribution < -0.4 is 0 Å². The summed E-state index contributed by atoms with van der Waals surface area (Å²) in [6.45, 7) is 5.37. The molecule has 0 heterocycles. The molecule has 2 nitrogen and oxygen atoms in total. The van der Waals surface area contributed by atoms with Gasteiger partial charge in [-0.3, -0.25) is 0 Å². The number of methoxy groups -OCH3 is 1. The molecule has 0 N–H and O–H groups in total. The standard InChI is InChI=1S/C12H25O2Si/c1-13-12(9-14-10-15(2)3)11-7-5-4-6-8-11/h11-12H,4-10H2,1-3H3/t12-/m1/s1. The van der Waals surface area contributed by atoms with Crippen molar-refractivity contribution in [2.45, 2.75) is 51.3 Å². The van der Waals surface area contributed by atoms with E-state index in [1.165, 1.54) is 32.1 Å². The normalized spacial score (nSPS) is 20.8. The van der Waals surface area contributed by atoms with Gasteiger partial charge in [-0.15, -0.1) is 0 Å². The fourth-order valence-electron chi connectivity index (χ4n) is 2.28. The molecule has 1 fully saturated rings. The van der Waals surface area contributed by atoms with Crippen LogP contribution in [0.5, 0.6) is 0 Å². The number of ether oxygens (including phenoxy) is 2. The molecule has 0 saturated heterocycles. The summed E-state index contributed by atoms with van der Waals surface area (Å²) in [6, 6.07) is 0. The third-order valence-corrected chi connectivity index (χ3v) is 3.93. The molecule has 1 aliphatic rings. The van der Waals surface area contributed by atoms with E-state index < -0.39 is 0 Å². The summed E-state index contributed by atoms with van der Waals surface area (Å²) >= 11 is 0. The molecule has 0 aromatic carbocycles. The van der Waals surface area contributed by atoms with Crippen molar-refractivity contribution < 1.29 is 9.47 Å². The van der Waals surface area contributed by atoms with E-state index in [1.807, 2.05) is 7.11 Å². The Labute approximate surface area is 96.0 Å². The van der Waals surface area contributed by atoms with Gasteiger partial charge in [-0.25, -0.2) is 0 Å². The SMILES string of the molecule is CO[C@H](COC[Si](C)C)C1CCCCC1. The van der Waals surface area contributed by atoms with Crippen molar-refractivity contribution in [2.75, 3.05) is 19.9 Å². The van der Waals surface area contributed by atoms with E-state index in [9.17, 15) is 0 Å². The molecule has 0 aliphatic heterocycles. The Morgan fingerprint density at radius 1 is 1.20 bits per heavy atom. The maximum Gasteiger partial charge on any atom is 0.0832 e. The molecular weight excluding hydrogens is 204 g/mol. The average molecular weight is 229 g/mol. The molecule has 0 aromatic rings. The summed E-state index contributed by atoms with van der Waals surface area (Å²) < 4.78 is 11.3. The quantitative estimate of drug-likeness (QED) is 0.652. The van der Waals surface area contributed by atoms with E-state index in [4.69, 9.17) is 9.47 Å². The Hall–Kier alpha value is 0.137. The van der Waals surface area contributed by atoms with Crippen LogP contribution in [0.25, 0.3) is 0 Å². The van der Waals surface area contributed by atoms with Gasteiger partial charge in [-0.05, 0) is 18.8 Å². The Morgan fingerprint density at radius 3 is 2.40 bits per heavy atom. The average Bonchev–Trinajstić information content (AvgIpc) is 2.25. The predicted molar refractivity (Wildman–Crippen MR) is 65.7 cm³/mol. The summed E-state index contributed by atoms with van der Waals surface area (Å²) in [7, 11) is 1.58. The molecule has 0 bridgehead atoms. The van der Waals surface area contributed by atoms with Crippen LogP contribution in [-0.4, -0.2) is 34.8 Å². The second-order valence-electron chi connectivity index (χ2n) is 4.89. The lowest BCUT2D eigenvalue weighted by Crippen LogP contribution is -2.31. The Balaban J connectivity index is 2.21. The minimum Gasteiger partial charge on any atom is -0.382 e. The molecule has 89 valence electrons. The monoisotopic (exact) mass is 229 g/mol. The van der Waals surface area contributed by atoms with Crippen LogP contribution in [-0.2, 0) is 9.47 Å². The molecule has 0 unspecified atom stereocenters. The zero-order chi connectivity index (χ0) is 11.1. The molecule has 0 amide bonds. The highest BCUT2D eigenvalue weighted by Gasteiger charge is 2.23. The zero-order valence-corrected chi connectivity index (χ0v) is 11.4. The van der Waals surface area contributed by atoms with Gasteiger partial charge in [0, 0.05) is 13.3 Å². The molecule has 0 aromatic heterocycles. The molecule has 3 heteroatoms. The molecule has 1 atom stereocenters. The van der Waals surface area contributed by atoms with E-state index in [2.05, 4.69) is 13.1 Å². The lowest BCUT2D eigenvalue weighted by Gasteiger charge is -2.29. The van der Waals surface area contributed by atoms with Crippen molar-refractivity contribution >= 4 is 8.80 Å². The first-order valence-electron chi connectivity index (χ1n) is 6.13. The van der Waals surface area contributed by atoms with Crippen molar-refractivity contribution in [3.8, 4) is 0 Å². The lowest BCUT2D eigenvalue weighted by atomic mass is 9.85. The summed E-state index contributed by atoms with van der Waals surface area (Å²) in [5, 5.41) is 0. The minimum absolute atomic E-state index is 0.246. The van der Waals surface area contributed by atoms with E-state index in [0.29, 0.717) is 6.10 Å². The highest BCUT2D eigenvalue weighted by molar-refractivity contribution is 6.55. The first-order valence-corrected chi connectivity index (χ1v) is 8.84.